The summed E-state index contributed by atoms with van der Waals surface area (Å²) in [6, 6.07) is 3.77. The monoisotopic (exact) mass is 370 g/mol. The normalized spacial score (nSPS) is 17.8. The largest absolute Gasteiger partial charge is 0.458 e. The molecule has 1 aromatic rings. The van der Waals surface area contributed by atoms with Gasteiger partial charge in [-0.3, -0.25) is 4.98 Å². The molecule has 0 amide bonds. The molecule has 0 unspecified atom stereocenters. The Kier molecular flexibility index (Phi) is 5.52. The number of hydrogen-bond acceptors (Lipinski definition) is 6. The summed E-state index contributed by atoms with van der Waals surface area (Å²) in [5.74, 6) is -0.388. The second-order valence-corrected chi connectivity index (χ2v) is 6.85. The first kappa shape index (κ1) is 16.9. The molecule has 0 spiro atoms. The summed E-state index contributed by atoms with van der Waals surface area (Å²) >= 11 is 3.34. The van der Waals surface area contributed by atoms with E-state index in [1.807, 2.05) is 32.9 Å². The molecule has 1 aliphatic heterocycles. The highest BCUT2D eigenvalue weighted by atomic mass is 79.9. The molecule has 0 radical (unpaired) electrons. The Morgan fingerprint density at radius 1 is 1.45 bits per heavy atom. The molecule has 0 saturated heterocycles. The minimum absolute atomic E-state index is 0.0942. The molecular weight excluding hydrogens is 352 g/mol. The van der Waals surface area contributed by atoms with Crippen LogP contribution in [0.1, 0.15) is 32.9 Å². The SMILES string of the molecule is CC(C)(C)OC(=O)COC[C@@H]1CC(c2ccc(Br)cn2)=NO1. The van der Waals surface area contributed by atoms with Crippen LogP contribution in [-0.2, 0) is 19.1 Å². The first-order chi connectivity index (χ1) is 10.3. The fourth-order valence-corrected chi connectivity index (χ4v) is 2.09. The molecular formula is C15H19BrN2O4. The first-order valence-corrected chi connectivity index (χ1v) is 7.77. The van der Waals surface area contributed by atoms with Gasteiger partial charge < -0.3 is 14.3 Å². The zero-order valence-corrected chi connectivity index (χ0v) is 14.4. The molecule has 1 aromatic heterocycles. The highest BCUT2D eigenvalue weighted by molar-refractivity contribution is 9.10. The van der Waals surface area contributed by atoms with Gasteiger partial charge in [-0.15, -0.1) is 0 Å². The smallest absolute Gasteiger partial charge is 0.332 e. The average Bonchev–Trinajstić information content (AvgIpc) is 2.86. The van der Waals surface area contributed by atoms with Crippen molar-refractivity contribution in [3.8, 4) is 0 Å². The highest BCUT2D eigenvalue weighted by Gasteiger charge is 2.24. The Morgan fingerprint density at radius 3 is 2.86 bits per heavy atom. The fourth-order valence-electron chi connectivity index (χ4n) is 1.86. The third-order valence-corrected chi connectivity index (χ3v) is 3.17. The van der Waals surface area contributed by atoms with E-state index in [9.17, 15) is 4.79 Å². The van der Waals surface area contributed by atoms with Crippen molar-refractivity contribution in [2.45, 2.75) is 38.9 Å². The van der Waals surface area contributed by atoms with Crippen molar-refractivity contribution in [1.29, 1.82) is 0 Å². The molecule has 2 rings (SSSR count). The number of carbonyl (C=O) groups is 1. The summed E-state index contributed by atoms with van der Waals surface area (Å²) in [4.78, 5) is 21.1. The van der Waals surface area contributed by atoms with E-state index < -0.39 is 5.60 Å². The van der Waals surface area contributed by atoms with Gasteiger partial charge in [-0.2, -0.15) is 0 Å². The number of ether oxygens (including phenoxy) is 2. The van der Waals surface area contributed by atoms with Gasteiger partial charge in [0.1, 0.15) is 17.9 Å². The lowest BCUT2D eigenvalue weighted by molar-refractivity contribution is -0.161. The minimum Gasteiger partial charge on any atom is -0.458 e. The standard InChI is InChI=1S/C15H19BrN2O4/c1-15(2,3)21-14(19)9-20-8-11-6-13(18-22-11)12-5-4-10(16)7-17-12/h4-5,7,11H,6,8-9H2,1-3H3/t11-/m0/s1. The molecule has 6 nitrogen and oxygen atoms in total. The van der Waals surface area contributed by atoms with E-state index in [4.69, 9.17) is 14.3 Å². The van der Waals surface area contributed by atoms with Crippen LogP contribution in [0.3, 0.4) is 0 Å². The van der Waals surface area contributed by atoms with Crippen LogP contribution in [0, 0.1) is 0 Å². The topological polar surface area (TPSA) is 70.0 Å². The third kappa shape index (κ3) is 5.38. The predicted molar refractivity (Wildman–Crippen MR) is 84.6 cm³/mol. The van der Waals surface area contributed by atoms with Crippen molar-refractivity contribution in [2.75, 3.05) is 13.2 Å². The molecule has 1 aliphatic rings. The Balaban J connectivity index is 1.72. The Bertz CT molecular complexity index is 552. The zero-order chi connectivity index (χ0) is 16.2. The summed E-state index contributed by atoms with van der Waals surface area (Å²) in [6.45, 7) is 5.63. The van der Waals surface area contributed by atoms with Crippen molar-refractivity contribution in [2.24, 2.45) is 5.16 Å². The maximum atomic E-state index is 11.5. The number of oxime groups is 1. The third-order valence-electron chi connectivity index (χ3n) is 2.70. The van der Waals surface area contributed by atoms with Crippen LogP contribution in [0.2, 0.25) is 0 Å². The quantitative estimate of drug-likeness (QED) is 0.745. The Hall–Kier alpha value is -1.47. The van der Waals surface area contributed by atoms with Gasteiger partial charge in [-0.05, 0) is 48.8 Å². The van der Waals surface area contributed by atoms with E-state index >= 15 is 0 Å². The lowest BCUT2D eigenvalue weighted by atomic mass is 10.1. The van der Waals surface area contributed by atoms with Crippen molar-refractivity contribution in [3.63, 3.8) is 0 Å². The van der Waals surface area contributed by atoms with Crippen LogP contribution in [0.5, 0.6) is 0 Å². The molecule has 0 fully saturated rings. The molecule has 1 atom stereocenters. The molecule has 22 heavy (non-hydrogen) atoms. The van der Waals surface area contributed by atoms with E-state index in [0.29, 0.717) is 6.42 Å². The molecule has 7 heteroatoms. The van der Waals surface area contributed by atoms with Crippen molar-refractivity contribution in [3.05, 3.63) is 28.5 Å². The second kappa shape index (κ2) is 7.19. The van der Waals surface area contributed by atoms with Crippen LogP contribution in [0.4, 0.5) is 0 Å². The van der Waals surface area contributed by atoms with E-state index in [0.717, 1.165) is 15.9 Å². The summed E-state index contributed by atoms with van der Waals surface area (Å²) in [7, 11) is 0. The Morgan fingerprint density at radius 2 is 2.23 bits per heavy atom. The molecule has 0 saturated carbocycles. The lowest BCUT2D eigenvalue weighted by Gasteiger charge is -2.19. The van der Waals surface area contributed by atoms with Gasteiger partial charge >= 0.3 is 5.97 Å². The number of esters is 1. The zero-order valence-electron chi connectivity index (χ0n) is 12.8. The maximum Gasteiger partial charge on any atom is 0.332 e. The lowest BCUT2D eigenvalue weighted by Crippen LogP contribution is -2.28. The van der Waals surface area contributed by atoms with Crippen LogP contribution in [0.25, 0.3) is 0 Å². The van der Waals surface area contributed by atoms with Gasteiger partial charge in [0.05, 0.1) is 12.3 Å². The minimum atomic E-state index is -0.506. The fraction of sp³-hybridized carbons (Fsp3) is 0.533. The van der Waals surface area contributed by atoms with Crippen molar-refractivity contribution >= 4 is 27.6 Å². The number of pyridine rings is 1. The van der Waals surface area contributed by atoms with Crippen LogP contribution >= 0.6 is 15.9 Å². The molecule has 0 N–H and O–H groups in total. The van der Waals surface area contributed by atoms with E-state index in [1.165, 1.54) is 0 Å². The summed E-state index contributed by atoms with van der Waals surface area (Å²) in [5, 5.41) is 4.02. The summed E-state index contributed by atoms with van der Waals surface area (Å²) in [6.07, 6.45) is 2.11. The van der Waals surface area contributed by atoms with Crippen molar-refractivity contribution < 1.29 is 19.1 Å². The maximum absolute atomic E-state index is 11.5. The average molecular weight is 371 g/mol. The van der Waals surface area contributed by atoms with E-state index in [-0.39, 0.29) is 25.3 Å². The molecule has 0 bridgehead atoms. The van der Waals surface area contributed by atoms with E-state index in [1.54, 1.807) is 6.20 Å². The van der Waals surface area contributed by atoms with E-state index in [2.05, 4.69) is 26.1 Å². The van der Waals surface area contributed by atoms with Crippen LogP contribution in [-0.4, -0.2) is 41.6 Å². The van der Waals surface area contributed by atoms with Gasteiger partial charge in [-0.25, -0.2) is 4.79 Å². The van der Waals surface area contributed by atoms with Gasteiger partial charge in [0.2, 0.25) is 0 Å². The number of nitrogens with zero attached hydrogens (tertiary/aromatic N) is 2. The number of carbonyl (C=O) groups excluding carboxylic acids is 1. The molecule has 2 heterocycles. The number of aromatic nitrogens is 1. The van der Waals surface area contributed by atoms with Gasteiger partial charge in [0.25, 0.3) is 0 Å². The van der Waals surface area contributed by atoms with Crippen LogP contribution < -0.4 is 0 Å². The second-order valence-electron chi connectivity index (χ2n) is 5.93. The van der Waals surface area contributed by atoms with Crippen LogP contribution in [0.15, 0.2) is 28.0 Å². The Labute approximate surface area is 138 Å². The first-order valence-electron chi connectivity index (χ1n) is 6.98. The van der Waals surface area contributed by atoms with Gasteiger partial charge in [-0.1, -0.05) is 5.16 Å². The number of halogens is 1. The molecule has 120 valence electrons. The predicted octanol–water partition coefficient (Wildman–Crippen LogP) is 2.70. The molecule has 0 aliphatic carbocycles. The van der Waals surface area contributed by atoms with Crippen molar-refractivity contribution in [1.82, 2.24) is 4.98 Å². The summed E-state index contributed by atoms with van der Waals surface area (Å²) in [5.41, 5.74) is 1.05. The highest BCUT2D eigenvalue weighted by Crippen LogP contribution is 2.17. The molecule has 0 aromatic carbocycles. The van der Waals surface area contributed by atoms with Gasteiger partial charge in [0, 0.05) is 17.1 Å². The summed E-state index contributed by atoms with van der Waals surface area (Å²) < 4.78 is 11.4. The number of rotatable bonds is 5. The van der Waals surface area contributed by atoms with Gasteiger partial charge in [0.15, 0.2) is 6.10 Å². The number of hydrogen-bond donors (Lipinski definition) is 0.